The van der Waals surface area contributed by atoms with Crippen molar-refractivity contribution < 1.29 is 19.4 Å². The lowest BCUT2D eigenvalue weighted by Gasteiger charge is -2.09. The summed E-state index contributed by atoms with van der Waals surface area (Å²) in [5.41, 5.74) is 0.345. The summed E-state index contributed by atoms with van der Waals surface area (Å²) < 4.78 is 4.89. The van der Waals surface area contributed by atoms with E-state index in [0.29, 0.717) is 6.42 Å². The molecule has 0 spiro atoms. The van der Waals surface area contributed by atoms with E-state index in [4.69, 9.17) is 9.84 Å². The second-order valence-electron chi connectivity index (χ2n) is 3.03. The van der Waals surface area contributed by atoms with Crippen LogP contribution in [0.2, 0.25) is 0 Å². The predicted octanol–water partition coefficient (Wildman–Crippen LogP) is 1.11. The summed E-state index contributed by atoms with van der Waals surface area (Å²) in [4.78, 5) is 21.8. The molecule has 0 aliphatic carbocycles. The van der Waals surface area contributed by atoms with E-state index < -0.39 is 18.0 Å². The molecule has 72 valence electrons. The first-order chi connectivity index (χ1) is 6.07. The molecule has 1 aliphatic heterocycles. The van der Waals surface area contributed by atoms with E-state index in [0.717, 1.165) is 6.42 Å². The Hall–Kier alpha value is -1.32. The van der Waals surface area contributed by atoms with Gasteiger partial charge < -0.3 is 9.84 Å². The highest BCUT2D eigenvalue weighted by molar-refractivity contribution is 6.03. The van der Waals surface area contributed by atoms with Gasteiger partial charge in [0.25, 0.3) is 0 Å². The van der Waals surface area contributed by atoms with Gasteiger partial charge >= 0.3 is 11.9 Å². The fraction of sp³-hybridized carbons (Fsp3) is 0.556. The summed E-state index contributed by atoms with van der Waals surface area (Å²) in [5, 5.41) is 8.81. The highest BCUT2D eigenvalue weighted by Gasteiger charge is 2.34. The van der Waals surface area contributed by atoms with Gasteiger partial charge in [-0.25, -0.2) is 9.59 Å². The maximum atomic E-state index is 11.0. The van der Waals surface area contributed by atoms with Crippen LogP contribution >= 0.6 is 0 Å². The van der Waals surface area contributed by atoms with Gasteiger partial charge in [-0.05, 0) is 13.3 Å². The number of cyclic esters (lactones) is 1. The lowest BCUT2D eigenvalue weighted by molar-refractivity contribution is -0.140. The molecule has 0 aromatic heterocycles. The highest BCUT2D eigenvalue weighted by atomic mass is 16.5. The maximum absolute atomic E-state index is 11.0. The Bertz CT molecular complexity index is 277. The molecular formula is C9H12O4. The van der Waals surface area contributed by atoms with Crippen molar-refractivity contribution in [2.24, 2.45) is 0 Å². The molecule has 4 heteroatoms. The van der Waals surface area contributed by atoms with Gasteiger partial charge in [-0.3, -0.25) is 0 Å². The van der Waals surface area contributed by atoms with Gasteiger partial charge in [-0.1, -0.05) is 13.3 Å². The van der Waals surface area contributed by atoms with Crippen LogP contribution < -0.4 is 0 Å². The first kappa shape index (κ1) is 9.77. The summed E-state index contributed by atoms with van der Waals surface area (Å²) in [6, 6.07) is 0. The zero-order chi connectivity index (χ0) is 10.0. The minimum atomic E-state index is -1.05. The average molecular weight is 184 g/mol. The van der Waals surface area contributed by atoms with Crippen molar-refractivity contribution in [3.05, 3.63) is 11.1 Å². The Morgan fingerprint density at radius 1 is 1.62 bits per heavy atom. The minimum Gasteiger partial charge on any atom is -0.478 e. The van der Waals surface area contributed by atoms with Crippen molar-refractivity contribution in [3.63, 3.8) is 0 Å². The van der Waals surface area contributed by atoms with Crippen molar-refractivity contribution >= 4 is 11.9 Å². The fourth-order valence-corrected chi connectivity index (χ4v) is 1.39. The van der Waals surface area contributed by atoms with Crippen LogP contribution in [0.3, 0.4) is 0 Å². The van der Waals surface area contributed by atoms with Crippen LogP contribution in [0.15, 0.2) is 11.1 Å². The SMILES string of the molecule is CCC[C@H]1OC(=O)C(C)=C1C(=O)O. The molecule has 1 rings (SSSR count). The van der Waals surface area contributed by atoms with Gasteiger partial charge in [0.1, 0.15) is 6.10 Å². The lowest BCUT2D eigenvalue weighted by Crippen LogP contribution is -2.16. The zero-order valence-electron chi connectivity index (χ0n) is 7.66. The molecule has 1 heterocycles. The van der Waals surface area contributed by atoms with Crippen molar-refractivity contribution in [1.29, 1.82) is 0 Å². The first-order valence-corrected chi connectivity index (χ1v) is 4.23. The Labute approximate surface area is 76.2 Å². The number of hydrogen-bond acceptors (Lipinski definition) is 3. The van der Waals surface area contributed by atoms with Crippen LogP contribution in [0.4, 0.5) is 0 Å². The number of carboxylic acids is 1. The molecule has 0 aromatic rings. The fourth-order valence-electron chi connectivity index (χ4n) is 1.39. The Kier molecular flexibility index (Phi) is 2.70. The quantitative estimate of drug-likeness (QED) is 0.667. The van der Waals surface area contributed by atoms with Gasteiger partial charge in [-0.15, -0.1) is 0 Å². The molecule has 4 nitrogen and oxygen atoms in total. The van der Waals surface area contributed by atoms with Gasteiger partial charge in [0.2, 0.25) is 0 Å². The predicted molar refractivity (Wildman–Crippen MR) is 45.1 cm³/mol. The van der Waals surface area contributed by atoms with Crippen LogP contribution in [-0.2, 0) is 14.3 Å². The molecule has 0 saturated carbocycles. The number of rotatable bonds is 3. The molecule has 0 radical (unpaired) electrons. The second kappa shape index (κ2) is 3.60. The highest BCUT2D eigenvalue weighted by Crippen LogP contribution is 2.25. The first-order valence-electron chi connectivity index (χ1n) is 4.23. The van der Waals surface area contributed by atoms with Gasteiger partial charge in [-0.2, -0.15) is 0 Å². The van der Waals surface area contributed by atoms with Gasteiger partial charge in [0.15, 0.2) is 0 Å². The van der Waals surface area contributed by atoms with E-state index in [9.17, 15) is 9.59 Å². The third kappa shape index (κ3) is 1.71. The van der Waals surface area contributed by atoms with E-state index in [1.165, 1.54) is 6.92 Å². The average Bonchev–Trinajstić information content (AvgIpc) is 2.28. The smallest absolute Gasteiger partial charge is 0.335 e. The maximum Gasteiger partial charge on any atom is 0.335 e. The molecule has 13 heavy (non-hydrogen) atoms. The summed E-state index contributed by atoms with van der Waals surface area (Å²) in [5.74, 6) is -1.56. The van der Waals surface area contributed by atoms with Crippen LogP contribution in [0, 0.1) is 0 Å². The number of hydrogen-bond donors (Lipinski definition) is 1. The van der Waals surface area contributed by atoms with Crippen LogP contribution in [0.1, 0.15) is 26.7 Å². The molecular weight excluding hydrogens is 172 g/mol. The molecule has 0 saturated heterocycles. The van der Waals surface area contributed by atoms with Crippen molar-refractivity contribution in [2.75, 3.05) is 0 Å². The standard InChI is InChI=1S/C9H12O4/c1-3-4-6-7(8(10)11)5(2)9(12)13-6/h6H,3-4H2,1-2H3,(H,10,11)/t6-/m1/s1. The molecule has 0 aromatic carbocycles. The monoisotopic (exact) mass is 184 g/mol. The summed E-state index contributed by atoms with van der Waals surface area (Å²) >= 11 is 0. The van der Waals surface area contributed by atoms with Crippen LogP contribution in [0.25, 0.3) is 0 Å². The summed E-state index contributed by atoms with van der Waals surface area (Å²) in [7, 11) is 0. The zero-order valence-corrected chi connectivity index (χ0v) is 7.66. The van der Waals surface area contributed by atoms with E-state index in [-0.39, 0.29) is 11.1 Å². The number of carbonyl (C=O) groups is 2. The third-order valence-electron chi connectivity index (χ3n) is 2.06. The number of carbonyl (C=O) groups excluding carboxylic acids is 1. The largest absolute Gasteiger partial charge is 0.478 e. The van der Waals surface area contributed by atoms with Gasteiger partial charge in [0.05, 0.1) is 5.57 Å². The van der Waals surface area contributed by atoms with Gasteiger partial charge in [0, 0.05) is 5.57 Å². The lowest BCUT2D eigenvalue weighted by atomic mass is 10.0. The molecule has 1 atom stereocenters. The van der Waals surface area contributed by atoms with Crippen molar-refractivity contribution in [3.8, 4) is 0 Å². The van der Waals surface area contributed by atoms with E-state index in [1.54, 1.807) is 0 Å². The Morgan fingerprint density at radius 3 is 2.69 bits per heavy atom. The van der Waals surface area contributed by atoms with E-state index >= 15 is 0 Å². The van der Waals surface area contributed by atoms with E-state index in [1.807, 2.05) is 6.92 Å². The number of carboxylic acid groups (broad SMARTS) is 1. The number of aliphatic carboxylic acids is 1. The molecule has 1 N–H and O–H groups in total. The van der Waals surface area contributed by atoms with Crippen molar-refractivity contribution in [1.82, 2.24) is 0 Å². The van der Waals surface area contributed by atoms with Crippen molar-refractivity contribution in [2.45, 2.75) is 32.8 Å². The van der Waals surface area contributed by atoms with Crippen LogP contribution in [0.5, 0.6) is 0 Å². The molecule has 0 bridgehead atoms. The molecule has 0 amide bonds. The Morgan fingerprint density at radius 2 is 2.23 bits per heavy atom. The van der Waals surface area contributed by atoms with E-state index in [2.05, 4.69) is 0 Å². The topological polar surface area (TPSA) is 63.6 Å². The Balaban J connectivity index is 2.92. The molecule has 1 aliphatic rings. The minimum absolute atomic E-state index is 0.117. The molecule has 0 unspecified atom stereocenters. The number of esters is 1. The third-order valence-corrected chi connectivity index (χ3v) is 2.06. The second-order valence-corrected chi connectivity index (χ2v) is 3.03. The number of ether oxygens (including phenoxy) is 1. The molecule has 0 fully saturated rings. The van der Waals surface area contributed by atoms with Crippen LogP contribution in [-0.4, -0.2) is 23.1 Å². The summed E-state index contributed by atoms with van der Waals surface area (Å²) in [6.07, 6.45) is 0.821. The summed E-state index contributed by atoms with van der Waals surface area (Å²) in [6.45, 7) is 3.41. The normalized spacial score (nSPS) is 22.0.